The summed E-state index contributed by atoms with van der Waals surface area (Å²) in [6.45, 7) is 7.11. The van der Waals surface area contributed by atoms with Crippen molar-refractivity contribution in [2.75, 3.05) is 19.6 Å². The third-order valence-electron chi connectivity index (χ3n) is 2.73. The fourth-order valence-corrected chi connectivity index (χ4v) is 1.49. The van der Waals surface area contributed by atoms with Gasteiger partial charge in [-0.1, -0.05) is 6.92 Å². The highest BCUT2D eigenvalue weighted by Gasteiger charge is 2.36. The second-order valence-corrected chi connectivity index (χ2v) is 4.62. The van der Waals surface area contributed by atoms with E-state index in [0.717, 1.165) is 6.42 Å². The van der Waals surface area contributed by atoms with E-state index in [1.165, 1.54) is 18.7 Å². The van der Waals surface area contributed by atoms with Crippen LogP contribution in [0.2, 0.25) is 0 Å². The van der Waals surface area contributed by atoms with Gasteiger partial charge in [-0.3, -0.25) is 4.79 Å². The van der Waals surface area contributed by atoms with Crippen LogP contribution in [0, 0.1) is 0 Å². The van der Waals surface area contributed by atoms with Crippen LogP contribution in [0.25, 0.3) is 0 Å². The maximum absolute atomic E-state index is 11.9. The molecule has 19 heavy (non-hydrogen) atoms. The van der Waals surface area contributed by atoms with Gasteiger partial charge in [-0.15, -0.1) is 0 Å². The van der Waals surface area contributed by atoms with Crippen molar-refractivity contribution in [2.24, 2.45) is 0 Å². The summed E-state index contributed by atoms with van der Waals surface area (Å²) in [5.74, 6) is -1.39. The minimum absolute atomic E-state index is 0.162. The molecule has 0 bridgehead atoms. The van der Waals surface area contributed by atoms with E-state index in [0.29, 0.717) is 6.54 Å². The van der Waals surface area contributed by atoms with Crippen molar-refractivity contribution in [2.45, 2.75) is 39.7 Å². The second kappa shape index (κ2) is 7.60. The van der Waals surface area contributed by atoms with Crippen molar-refractivity contribution in [3.05, 3.63) is 0 Å². The van der Waals surface area contributed by atoms with Crippen molar-refractivity contribution < 1.29 is 19.5 Å². The van der Waals surface area contributed by atoms with Crippen LogP contribution in [-0.4, -0.2) is 53.1 Å². The Kier molecular flexibility index (Phi) is 6.89. The first-order valence-corrected chi connectivity index (χ1v) is 6.32. The Hall–Kier alpha value is -1.79. The van der Waals surface area contributed by atoms with E-state index in [9.17, 15) is 14.4 Å². The van der Waals surface area contributed by atoms with Gasteiger partial charge in [-0.05, 0) is 27.2 Å². The van der Waals surface area contributed by atoms with Crippen LogP contribution >= 0.6 is 0 Å². The summed E-state index contributed by atoms with van der Waals surface area (Å²) in [5, 5.41) is 14.1. The van der Waals surface area contributed by atoms with Gasteiger partial charge in [0.2, 0.25) is 5.91 Å². The van der Waals surface area contributed by atoms with Gasteiger partial charge < -0.3 is 20.6 Å². The molecular formula is C12H23N3O4. The molecule has 0 aliphatic heterocycles. The molecule has 0 aromatic carbocycles. The number of carbonyl (C=O) groups is 3. The normalized spacial score (nSPS) is 10.7. The summed E-state index contributed by atoms with van der Waals surface area (Å²) in [5.41, 5.74) is -1.32. The summed E-state index contributed by atoms with van der Waals surface area (Å²) in [6, 6.07) is -0.568. The van der Waals surface area contributed by atoms with E-state index in [2.05, 4.69) is 10.6 Å². The molecule has 0 aliphatic carbocycles. The molecule has 0 fully saturated rings. The number of nitrogens with zero attached hydrogens (tertiary/aromatic N) is 1. The first-order chi connectivity index (χ1) is 8.77. The first-order valence-electron chi connectivity index (χ1n) is 6.32. The molecule has 0 aromatic rings. The lowest BCUT2D eigenvalue weighted by atomic mass is 10.0. The van der Waals surface area contributed by atoms with Gasteiger partial charge in [0.15, 0.2) is 0 Å². The Labute approximate surface area is 113 Å². The van der Waals surface area contributed by atoms with Gasteiger partial charge in [0, 0.05) is 13.1 Å². The zero-order chi connectivity index (χ0) is 15.1. The molecule has 0 atom stereocenters. The Bertz CT molecular complexity index is 342. The van der Waals surface area contributed by atoms with E-state index < -0.39 is 17.5 Å². The van der Waals surface area contributed by atoms with Crippen LogP contribution in [0.15, 0.2) is 0 Å². The number of nitrogens with one attached hydrogen (secondary N) is 2. The molecule has 3 amide bonds. The standard InChI is InChI=1S/C12H23N3O4/c1-5-7-13-9(16)8-14-11(19)15(6-2)12(3,4)10(17)18/h5-8H2,1-4H3,(H,13,16)(H,14,19)(H,17,18). The largest absolute Gasteiger partial charge is 0.480 e. The van der Waals surface area contributed by atoms with Gasteiger partial charge in [0.25, 0.3) is 0 Å². The number of aliphatic carboxylic acids is 1. The van der Waals surface area contributed by atoms with E-state index in [4.69, 9.17) is 5.11 Å². The Balaban J connectivity index is 4.46. The number of carboxylic acid groups (broad SMARTS) is 1. The van der Waals surface area contributed by atoms with Crippen molar-refractivity contribution in [3.8, 4) is 0 Å². The quantitative estimate of drug-likeness (QED) is 0.625. The van der Waals surface area contributed by atoms with Crippen LogP contribution in [0.3, 0.4) is 0 Å². The number of urea groups is 1. The van der Waals surface area contributed by atoms with Crippen molar-refractivity contribution in [1.29, 1.82) is 0 Å². The predicted molar refractivity (Wildman–Crippen MR) is 70.8 cm³/mol. The van der Waals surface area contributed by atoms with E-state index in [1.54, 1.807) is 6.92 Å². The third-order valence-corrected chi connectivity index (χ3v) is 2.73. The highest BCUT2D eigenvalue weighted by Crippen LogP contribution is 2.14. The molecule has 0 saturated heterocycles. The average Bonchev–Trinajstić information content (AvgIpc) is 2.34. The minimum Gasteiger partial charge on any atom is -0.480 e. The van der Waals surface area contributed by atoms with Crippen LogP contribution in [-0.2, 0) is 9.59 Å². The monoisotopic (exact) mass is 273 g/mol. The average molecular weight is 273 g/mol. The molecule has 0 unspecified atom stereocenters. The molecule has 7 heteroatoms. The molecule has 0 heterocycles. The molecule has 0 spiro atoms. The molecule has 110 valence electrons. The lowest BCUT2D eigenvalue weighted by molar-refractivity contribution is -0.147. The predicted octanol–water partition coefficient (Wildman–Crippen LogP) is 0.407. The van der Waals surface area contributed by atoms with E-state index >= 15 is 0 Å². The number of hydrogen-bond acceptors (Lipinski definition) is 3. The summed E-state index contributed by atoms with van der Waals surface area (Å²) in [4.78, 5) is 35.5. The van der Waals surface area contributed by atoms with Gasteiger partial charge in [0.05, 0.1) is 6.54 Å². The Morgan fingerprint density at radius 1 is 1.16 bits per heavy atom. The third kappa shape index (κ3) is 5.15. The van der Waals surface area contributed by atoms with E-state index in [-0.39, 0.29) is 19.0 Å². The molecular weight excluding hydrogens is 250 g/mol. The Morgan fingerprint density at radius 2 is 1.74 bits per heavy atom. The Morgan fingerprint density at radius 3 is 2.16 bits per heavy atom. The van der Waals surface area contributed by atoms with Crippen molar-refractivity contribution >= 4 is 17.9 Å². The molecule has 0 aliphatic rings. The molecule has 0 rings (SSSR count). The summed E-state index contributed by atoms with van der Waals surface area (Å²) >= 11 is 0. The minimum atomic E-state index is -1.32. The number of likely N-dealkylation sites (N-methyl/N-ethyl adjacent to an activating group) is 1. The number of hydrogen-bond donors (Lipinski definition) is 3. The topological polar surface area (TPSA) is 98.7 Å². The van der Waals surface area contributed by atoms with Crippen LogP contribution < -0.4 is 10.6 Å². The SMILES string of the molecule is CCCNC(=O)CNC(=O)N(CC)C(C)(C)C(=O)O. The second-order valence-electron chi connectivity index (χ2n) is 4.62. The summed E-state index contributed by atoms with van der Waals surface area (Å²) < 4.78 is 0. The number of amides is 3. The number of carbonyl (C=O) groups excluding carboxylic acids is 2. The first kappa shape index (κ1) is 17.2. The van der Waals surface area contributed by atoms with Gasteiger partial charge >= 0.3 is 12.0 Å². The fourth-order valence-electron chi connectivity index (χ4n) is 1.49. The smallest absolute Gasteiger partial charge is 0.329 e. The molecule has 7 nitrogen and oxygen atoms in total. The highest BCUT2D eigenvalue weighted by molar-refractivity contribution is 5.88. The molecule has 0 saturated carbocycles. The fraction of sp³-hybridized carbons (Fsp3) is 0.750. The molecule has 0 aromatic heterocycles. The maximum atomic E-state index is 11.9. The van der Waals surface area contributed by atoms with Gasteiger partial charge in [-0.2, -0.15) is 0 Å². The van der Waals surface area contributed by atoms with E-state index in [1.807, 2.05) is 6.92 Å². The molecule has 3 N–H and O–H groups in total. The zero-order valence-electron chi connectivity index (χ0n) is 11.9. The summed E-state index contributed by atoms with van der Waals surface area (Å²) in [7, 11) is 0. The zero-order valence-corrected chi connectivity index (χ0v) is 11.9. The lowest BCUT2D eigenvalue weighted by Gasteiger charge is -2.34. The lowest BCUT2D eigenvalue weighted by Crippen LogP contribution is -2.56. The van der Waals surface area contributed by atoms with Crippen LogP contribution in [0.4, 0.5) is 4.79 Å². The van der Waals surface area contributed by atoms with Crippen molar-refractivity contribution in [1.82, 2.24) is 15.5 Å². The highest BCUT2D eigenvalue weighted by atomic mass is 16.4. The van der Waals surface area contributed by atoms with Gasteiger partial charge in [0.1, 0.15) is 5.54 Å². The maximum Gasteiger partial charge on any atom is 0.329 e. The molecule has 0 radical (unpaired) electrons. The van der Waals surface area contributed by atoms with Crippen molar-refractivity contribution in [3.63, 3.8) is 0 Å². The number of rotatable bonds is 7. The van der Waals surface area contributed by atoms with Crippen LogP contribution in [0.5, 0.6) is 0 Å². The van der Waals surface area contributed by atoms with Gasteiger partial charge in [-0.25, -0.2) is 9.59 Å². The van der Waals surface area contributed by atoms with Crippen LogP contribution in [0.1, 0.15) is 34.1 Å². The number of carboxylic acids is 1. The summed E-state index contributed by atoms with van der Waals surface area (Å²) in [6.07, 6.45) is 0.812.